The third-order valence-corrected chi connectivity index (χ3v) is 6.08. The summed E-state index contributed by atoms with van der Waals surface area (Å²) >= 11 is 1.62. The van der Waals surface area contributed by atoms with E-state index in [2.05, 4.69) is 51.6 Å². The Bertz CT molecular complexity index is 733. The zero-order valence-corrected chi connectivity index (χ0v) is 17.2. The summed E-state index contributed by atoms with van der Waals surface area (Å²) in [5.74, 6) is 0.241. The molecule has 1 aliphatic heterocycles. The summed E-state index contributed by atoms with van der Waals surface area (Å²) in [6.45, 7) is 2.48. The number of nitrogens with zero attached hydrogens (tertiary/aromatic N) is 4. The van der Waals surface area contributed by atoms with Crippen molar-refractivity contribution >= 4 is 17.2 Å². The summed E-state index contributed by atoms with van der Waals surface area (Å²) in [6, 6.07) is 4.45. The molecule has 146 valence electrons. The van der Waals surface area contributed by atoms with Crippen molar-refractivity contribution in [3.8, 4) is 10.6 Å². The fourth-order valence-corrected chi connectivity index (χ4v) is 4.37. The van der Waals surface area contributed by atoms with Crippen LogP contribution in [0.2, 0.25) is 0 Å². The molecule has 0 spiro atoms. The van der Waals surface area contributed by atoms with Gasteiger partial charge in [-0.15, -0.1) is 11.3 Å². The van der Waals surface area contributed by atoms with Crippen LogP contribution in [0.4, 0.5) is 0 Å². The van der Waals surface area contributed by atoms with Crippen LogP contribution in [0.25, 0.3) is 10.6 Å². The maximum atomic E-state index is 12.6. The molecule has 1 amide bonds. The van der Waals surface area contributed by atoms with Crippen LogP contribution in [0.15, 0.2) is 29.9 Å². The SMILES string of the molecule is CN1C[C@H](C(=O)NCCc2csc(-c3cccnc3)n2)CC[C@H](N(C)C)C1. The summed E-state index contributed by atoms with van der Waals surface area (Å²) < 4.78 is 0. The molecular weight excluding hydrogens is 358 g/mol. The fourth-order valence-electron chi connectivity index (χ4n) is 3.52. The lowest BCUT2D eigenvalue weighted by Gasteiger charge is -2.25. The number of amides is 1. The van der Waals surface area contributed by atoms with E-state index in [1.807, 2.05) is 18.3 Å². The van der Waals surface area contributed by atoms with Crippen molar-refractivity contribution in [2.75, 3.05) is 40.8 Å². The lowest BCUT2D eigenvalue weighted by Crippen LogP contribution is -2.39. The number of likely N-dealkylation sites (tertiary alicyclic amines) is 1. The van der Waals surface area contributed by atoms with Crippen molar-refractivity contribution < 1.29 is 4.79 Å². The topological polar surface area (TPSA) is 61.4 Å². The van der Waals surface area contributed by atoms with Crippen molar-refractivity contribution in [1.29, 1.82) is 0 Å². The lowest BCUT2D eigenvalue weighted by atomic mass is 10.0. The van der Waals surface area contributed by atoms with Gasteiger partial charge in [0.05, 0.1) is 11.6 Å². The first-order chi connectivity index (χ1) is 13.0. The molecule has 0 saturated carbocycles. The van der Waals surface area contributed by atoms with E-state index in [4.69, 9.17) is 0 Å². The van der Waals surface area contributed by atoms with Gasteiger partial charge < -0.3 is 15.1 Å². The van der Waals surface area contributed by atoms with Crippen LogP contribution < -0.4 is 5.32 Å². The Morgan fingerprint density at radius 2 is 2.22 bits per heavy atom. The minimum Gasteiger partial charge on any atom is -0.355 e. The molecule has 6 nitrogen and oxygen atoms in total. The number of likely N-dealkylation sites (N-methyl/N-ethyl adjacent to an activating group) is 2. The number of carbonyl (C=O) groups is 1. The molecular formula is C20H29N5OS. The molecule has 0 aliphatic carbocycles. The third kappa shape index (κ3) is 5.57. The van der Waals surface area contributed by atoms with E-state index >= 15 is 0 Å². The van der Waals surface area contributed by atoms with E-state index in [0.29, 0.717) is 12.6 Å². The fraction of sp³-hybridized carbons (Fsp3) is 0.550. The average Bonchev–Trinajstić information content (AvgIpc) is 3.03. The van der Waals surface area contributed by atoms with Crippen LogP contribution in [-0.4, -0.2) is 72.5 Å². The number of hydrogen-bond acceptors (Lipinski definition) is 6. The predicted octanol–water partition coefficient (Wildman–Crippen LogP) is 2.14. The van der Waals surface area contributed by atoms with Gasteiger partial charge in [-0.1, -0.05) is 0 Å². The van der Waals surface area contributed by atoms with Crippen LogP contribution in [0.3, 0.4) is 0 Å². The molecule has 2 atom stereocenters. The van der Waals surface area contributed by atoms with Crippen molar-refractivity contribution in [1.82, 2.24) is 25.1 Å². The van der Waals surface area contributed by atoms with E-state index < -0.39 is 0 Å². The number of thiazole rings is 1. The van der Waals surface area contributed by atoms with Gasteiger partial charge in [-0.05, 0) is 46.1 Å². The molecule has 1 fully saturated rings. The maximum Gasteiger partial charge on any atom is 0.224 e. The van der Waals surface area contributed by atoms with Crippen molar-refractivity contribution in [3.05, 3.63) is 35.6 Å². The molecule has 7 heteroatoms. The minimum absolute atomic E-state index is 0.0707. The molecule has 0 bridgehead atoms. The lowest BCUT2D eigenvalue weighted by molar-refractivity contribution is -0.125. The number of carbonyl (C=O) groups excluding carboxylic acids is 1. The van der Waals surface area contributed by atoms with Gasteiger partial charge in [-0.2, -0.15) is 0 Å². The van der Waals surface area contributed by atoms with Crippen molar-refractivity contribution in [3.63, 3.8) is 0 Å². The van der Waals surface area contributed by atoms with E-state index in [9.17, 15) is 4.79 Å². The van der Waals surface area contributed by atoms with E-state index in [0.717, 1.165) is 48.6 Å². The Labute approximate surface area is 165 Å². The zero-order valence-electron chi connectivity index (χ0n) is 16.4. The third-order valence-electron chi connectivity index (χ3n) is 5.14. The number of hydrogen-bond donors (Lipinski definition) is 1. The highest BCUT2D eigenvalue weighted by atomic mass is 32.1. The van der Waals surface area contributed by atoms with Crippen LogP contribution >= 0.6 is 11.3 Å². The molecule has 1 saturated heterocycles. The molecule has 0 aromatic carbocycles. The highest BCUT2D eigenvalue weighted by Crippen LogP contribution is 2.23. The van der Waals surface area contributed by atoms with Gasteiger partial charge in [0.2, 0.25) is 5.91 Å². The minimum atomic E-state index is 0.0707. The molecule has 1 aliphatic rings. The van der Waals surface area contributed by atoms with Crippen LogP contribution in [0, 0.1) is 5.92 Å². The standard InChI is InChI=1S/C20H29N5OS/c1-24(2)18-7-6-16(12-25(3)13-18)19(26)22-10-8-17-14-27-20(23-17)15-5-4-9-21-11-15/h4-5,9,11,14,16,18H,6-8,10,12-13H2,1-3H3,(H,22,26)/t16-,18+/m1/s1. The first-order valence-electron chi connectivity index (χ1n) is 9.50. The quantitative estimate of drug-likeness (QED) is 0.823. The molecule has 3 heterocycles. The van der Waals surface area contributed by atoms with Gasteiger partial charge in [0.1, 0.15) is 5.01 Å². The van der Waals surface area contributed by atoms with Crippen LogP contribution in [0.5, 0.6) is 0 Å². The molecule has 2 aromatic rings. The van der Waals surface area contributed by atoms with E-state index in [1.165, 1.54) is 0 Å². The summed E-state index contributed by atoms with van der Waals surface area (Å²) in [5.41, 5.74) is 2.06. The normalized spacial score (nSPS) is 21.2. The van der Waals surface area contributed by atoms with E-state index in [-0.39, 0.29) is 11.8 Å². The van der Waals surface area contributed by atoms with Crippen molar-refractivity contribution in [2.45, 2.75) is 25.3 Å². The largest absolute Gasteiger partial charge is 0.355 e. The summed E-state index contributed by atoms with van der Waals surface area (Å²) in [4.78, 5) is 26.0. The molecule has 1 N–H and O–H groups in total. The Balaban J connectivity index is 1.48. The Morgan fingerprint density at radius 1 is 1.37 bits per heavy atom. The van der Waals surface area contributed by atoms with Gasteiger partial charge >= 0.3 is 0 Å². The summed E-state index contributed by atoms with van der Waals surface area (Å²) in [6.07, 6.45) is 6.36. The Kier molecular flexibility index (Phi) is 6.93. The number of nitrogens with one attached hydrogen (secondary N) is 1. The Morgan fingerprint density at radius 3 is 2.96 bits per heavy atom. The molecule has 27 heavy (non-hydrogen) atoms. The maximum absolute atomic E-state index is 12.6. The van der Waals surface area contributed by atoms with Gasteiger partial charge in [-0.25, -0.2) is 4.98 Å². The number of pyridine rings is 1. The highest BCUT2D eigenvalue weighted by molar-refractivity contribution is 7.13. The summed E-state index contributed by atoms with van der Waals surface area (Å²) in [7, 11) is 6.34. The molecule has 0 unspecified atom stereocenters. The number of aromatic nitrogens is 2. The zero-order chi connectivity index (χ0) is 19.2. The second-order valence-corrected chi connectivity index (χ2v) is 8.40. The highest BCUT2D eigenvalue weighted by Gasteiger charge is 2.27. The van der Waals surface area contributed by atoms with E-state index in [1.54, 1.807) is 17.5 Å². The molecule has 2 aromatic heterocycles. The van der Waals surface area contributed by atoms with Gasteiger partial charge in [0.25, 0.3) is 0 Å². The van der Waals surface area contributed by atoms with Gasteiger partial charge in [-0.3, -0.25) is 9.78 Å². The summed E-state index contributed by atoms with van der Waals surface area (Å²) in [5, 5.41) is 6.16. The van der Waals surface area contributed by atoms with Gasteiger partial charge in [0, 0.05) is 55.4 Å². The second-order valence-electron chi connectivity index (χ2n) is 7.54. The van der Waals surface area contributed by atoms with Crippen LogP contribution in [-0.2, 0) is 11.2 Å². The van der Waals surface area contributed by atoms with Gasteiger partial charge in [0.15, 0.2) is 0 Å². The smallest absolute Gasteiger partial charge is 0.224 e. The second kappa shape index (κ2) is 9.39. The monoisotopic (exact) mass is 387 g/mol. The predicted molar refractivity (Wildman–Crippen MR) is 110 cm³/mol. The van der Waals surface area contributed by atoms with Crippen molar-refractivity contribution in [2.24, 2.45) is 5.92 Å². The molecule has 3 rings (SSSR count). The average molecular weight is 388 g/mol. The first kappa shape index (κ1) is 19.9. The molecule has 0 radical (unpaired) electrons. The number of rotatable bonds is 6. The van der Waals surface area contributed by atoms with Crippen LogP contribution in [0.1, 0.15) is 18.5 Å². The Hall–Kier alpha value is -1.83. The first-order valence-corrected chi connectivity index (χ1v) is 10.4.